The summed E-state index contributed by atoms with van der Waals surface area (Å²) in [5, 5.41) is 5.22. The number of anilines is 1. The molecule has 1 unspecified atom stereocenters. The number of fused-ring (bicyclic) bond motifs is 1. The van der Waals surface area contributed by atoms with E-state index in [1.54, 1.807) is 34.7 Å². The van der Waals surface area contributed by atoms with Crippen molar-refractivity contribution < 1.29 is 4.79 Å². The van der Waals surface area contributed by atoms with Crippen LogP contribution in [0.2, 0.25) is 0 Å². The first-order chi connectivity index (χ1) is 12.2. The summed E-state index contributed by atoms with van der Waals surface area (Å²) in [6.07, 6.45) is 8.69. The molecule has 0 aliphatic carbocycles. The molecule has 7 heteroatoms. The Balaban J connectivity index is 1.61. The Hall–Kier alpha value is -2.28. The molecule has 0 spiro atoms. The van der Waals surface area contributed by atoms with E-state index in [-0.39, 0.29) is 11.8 Å². The van der Waals surface area contributed by atoms with Crippen molar-refractivity contribution in [2.24, 2.45) is 7.05 Å². The van der Waals surface area contributed by atoms with Crippen LogP contribution in [0.25, 0.3) is 10.2 Å². The van der Waals surface area contributed by atoms with Gasteiger partial charge in [0.25, 0.3) is 0 Å². The summed E-state index contributed by atoms with van der Waals surface area (Å²) in [6, 6.07) is 2.39. The molecule has 25 heavy (non-hydrogen) atoms. The van der Waals surface area contributed by atoms with Crippen molar-refractivity contribution in [1.29, 1.82) is 0 Å². The normalized spacial score (nSPS) is 17.5. The van der Waals surface area contributed by atoms with E-state index < -0.39 is 0 Å². The van der Waals surface area contributed by atoms with E-state index in [2.05, 4.69) is 33.0 Å². The Morgan fingerprint density at radius 1 is 1.40 bits per heavy atom. The number of aromatic nitrogens is 4. The van der Waals surface area contributed by atoms with Crippen molar-refractivity contribution in [3.05, 3.63) is 35.2 Å². The number of Topliss-reactive ketones (excluding diaryl/α,β-unsaturated/α-hetero) is 1. The second-order valence-corrected chi connectivity index (χ2v) is 7.62. The maximum Gasteiger partial charge on any atom is 0.168 e. The van der Waals surface area contributed by atoms with Gasteiger partial charge >= 0.3 is 0 Å². The van der Waals surface area contributed by atoms with Gasteiger partial charge in [-0.1, -0.05) is 6.92 Å². The van der Waals surface area contributed by atoms with Crippen molar-refractivity contribution >= 4 is 33.2 Å². The van der Waals surface area contributed by atoms with E-state index in [1.165, 1.54) is 4.88 Å². The van der Waals surface area contributed by atoms with Crippen LogP contribution < -0.4 is 4.90 Å². The highest BCUT2D eigenvalue weighted by Gasteiger charge is 2.30. The molecule has 1 saturated heterocycles. The smallest absolute Gasteiger partial charge is 0.168 e. The van der Waals surface area contributed by atoms with Crippen LogP contribution in [-0.2, 0) is 13.5 Å². The number of rotatable bonds is 5. The third kappa shape index (κ3) is 3.04. The summed E-state index contributed by atoms with van der Waals surface area (Å²) in [7, 11) is 1.83. The Labute approximate surface area is 150 Å². The molecule has 1 fully saturated rings. The zero-order valence-corrected chi connectivity index (χ0v) is 15.3. The molecular formula is C18H21N5OS. The summed E-state index contributed by atoms with van der Waals surface area (Å²) in [6.45, 7) is 3.09. The van der Waals surface area contributed by atoms with Gasteiger partial charge in [0, 0.05) is 37.1 Å². The first-order valence-corrected chi connectivity index (χ1v) is 9.49. The molecule has 1 aliphatic rings. The quantitative estimate of drug-likeness (QED) is 0.658. The Bertz CT molecular complexity index is 915. The first-order valence-electron chi connectivity index (χ1n) is 8.67. The van der Waals surface area contributed by atoms with Gasteiger partial charge < -0.3 is 4.90 Å². The van der Waals surface area contributed by atoms with Gasteiger partial charge in [-0.25, -0.2) is 9.97 Å². The number of ketones is 1. The van der Waals surface area contributed by atoms with E-state index in [1.807, 2.05) is 7.05 Å². The molecule has 3 aromatic heterocycles. The Kier molecular flexibility index (Phi) is 4.25. The topological polar surface area (TPSA) is 63.9 Å². The molecule has 0 N–H and O–H groups in total. The lowest BCUT2D eigenvalue weighted by Crippen LogP contribution is -2.32. The number of nitrogens with zero attached hydrogens (tertiary/aromatic N) is 5. The molecule has 3 aromatic rings. The Morgan fingerprint density at radius 2 is 2.28 bits per heavy atom. The summed E-state index contributed by atoms with van der Waals surface area (Å²) in [5.74, 6) is 1.12. The molecule has 0 saturated carbocycles. The van der Waals surface area contributed by atoms with Gasteiger partial charge in [-0.2, -0.15) is 5.10 Å². The van der Waals surface area contributed by atoms with E-state index in [4.69, 9.17) is 0 Å². The molecule has 1 aliphatic heterocycles. The van der Waals surface area contributed by atoms with Crippen LogP contribution in [0.3, 0.4) is 0 Å². The minimum Gasteiger partial charge on any atom is -0.353 e. The summed E-state index contributed by atoms with van der Waals surface area (Å²) < 4.78 is 1.67. The van der Waals surface area contributed by atoms with Gasteiger partial charge in [0.15, 0.2) is 5.78 Å². The molecular weight excluding hydrogens is 334 g/mol. The van der Waals surface area contributed by atoms with Gasteiger partial charge in [0.1, 0.15) is 17.0 Å². The molecule has 1 atom stereocenters. The largest absolute Gasteiger partial charge is 0.353 e. The predicted octanol–water partition coefficient (Wildman–Crippen LogP) is 3.23. The van der Waals surface area contributed by atoms with Crippen LogP contribution in [0, 0.1) is 0 Å². The van der Waals surface area contributed by atoms with Crippen LogP contribution in [0.4, 0.5) is 5.82 Å². The maximum atomic E-state index is 12.6. The number of hydrogen-bond donors (Lipinski definition) is 0. The monoisotopic (exact) mass is 355 g/mol. The second kappa shape index (κ2) is 6.55. The minimum atomic E-state index is 0.148. The number of hydrogen-bond acceptors (Lipinski definition) is 6. The van der Waals surface area contributed by atoms with Crippen molar-refractivity contribution in [2.75, 3.05) is 11.4 Å². The zero-order chi connectivity index (χ0) is 17.4. The Morgan fingerprint density at radius 3 is 3.04 bits per heavy atom. The minimum absolute atomic E-state index is 0.148. The summed E-state index contributed by atoms with van der Waals surface area (Å²) in [5.41, 5.74) is 0.686. The van der Waals surface area contributed by atoms with Crippen molar-refractivity contribution in [1.82, 2.24) is 19.7 Å². The third-order valence-corrected chi connectivity index (χ3v) is 5.99. The molecule has 4 heterocycles. The fraction of sp³-hybridized carbons (Fsp3) is 0.444. The number of thiophene rings is 1. The van der Waals surface area contributed by atoms with E-state index >= 15 is 0 Å². The van der Waals surface area contributed by atoms with Gasteiger partial charge in [-0.3, -0.25) is 9.48 Å². The zero-order valence-electron chi connectivity index (χ0n) is 14.5. The number of carbonyl (C=O) groups excluding carboxylic acids is 1. The second-order valence-electron chi connectivity index (χ2n) is 6.50. The van der Waals surface area contributed by atoms with Gasteiger partial charge in [0.2, 0.25) is 0 Å². The lowest BCUT2D eigenvalue weighted by Gasteiger charge is -2.25. The first kappa shape index (κ1) is 16.2. The lowest BCUT2D eigenvalue weighted by molar-refractivity contribution is 0.0974. The fourth-order valence-corrected chi connectivity index (χ4v) is 4.45. The van der Waals surface area contributed by atoms with Crippen molar-refractivity contribution in [3.63, 3.8) is 0 Å². The van der Waals surface area contributed by atoms with E-state index in [0.717, 1.165) is 41.8 Å². The van der Waals surface area contributed by atoms with Crippen LogP contribution >= 0.6 is 11.3 Å². The highest BCUT2D eigenvalue weighted by Crippen LogP contribution is 2.35. The van der Waals surface area contributed by atoms with Gasteiger partial charge in [-0.15, -0.1) is 11.3 Å². The van der Waals surface area contributed by atoms with Gasteiger partial charge in [0.05, 0.1) is 17.1 Å². The van der Waals surface area contributed by atoms with Crippen LogP contribution in [0.15, 0.2) is 24.8 Å². The molecule has 130 valence electrons. The molecule has 0 bridgehead atoms. The third-order valence-electron chi connectivity index (χ3n) is 4.80. The fourth-order valence-electron chi connectivity index (χ4n) is 3.52. The average Bonchev–Trinajstić information content (AvgIpc) is 3.32. The number of carbonyl (C=O) groups is 1. The van der Waals surface area contributed by atoms with E-state index in [9.17, 15) is 4.79 Å². The average molecular weight is 355 g/mol. The van der Waals surface area contributed by atoms with Crippen LogP contribution in [0.1, 0.15) is 41.4 Å². The predicted molar refractivity (Wildman–Crippen MR) is 99.3 cm³/mol. The summed E-state index contributed by atoms with van der Waals surface area (Å²) in [4.78, 5) is 26.2. The number of aryl methyl sites for hydroxylation is 2. The molecule has 6 nitrogen and oxygen atoms in total. The van der Waals surface area contributed by atoms with Crippen LogP contribution in [0.5, 0.6) is 0 Å². The SMILES string of the molecule is CCc1cc2c(N3CCCC3CC(=O)c3cnn(C)c3)ncnc2s1. The van der Waals surface area contributed by atoms with E-state index in [0.29, 0.717) is 12.0 Å². The highest BCUT2D eigenvalue weighted by molar-refractivity contribution is 7.18. The van der Waals surface area contributed by atoms with Gasteiger partial charge in [-0.05, 0) is 25.3 Å². The maximum absolute atomic E-state index is 12.6. The molecule has 0 radical (unpaired) electrons. The molecule has 0 aromatic carbocycles. The lowest BCUT2D eigenvalue weighted by atomic mass is 10.0. The molecule has 4 rings (SSSR count). The van der Waals surface area contributed by atoms with Crippen LogP contribution in [-0.4, -0.2) is 38.1 Å². The van der Waals surface area contributed by atoms with Crippen molar-refractivity contribution in [3.8, 4) is 0 Å². The highest BCUT2D eigenvalue weighted by atomic mass is 32.1. The van der Waals surface area contributed by atoms with Crippen molar-refractivity contribution in [2.45, 2.75) is 38.6 Å². The summed E-state index contributed by atoms with van der Waals surface area (Å²) >= 11 is 1.73. The standard InChI is InChI=1S/C18H21N5OS/c1-3-14-8-15-17(19-11-20-18(15)25-14)23-6-4-5-13(23)7-16(24)12-9-21-22(2)10-12/h8-11,13H,3-7H2,1-2H3. The molecule has 0 amide bonds.